The monoisotopic (exact) mass is 122 g/mol. The quantitative estimate of drug-likeness (QED) is 0.529. The molecule has 7 heavy (non-hydrogen) atoms. The van der Waals surface area contributed by atoms with Crippen molar-refractivity contribution in [3.63, 3.8) is 0 Å². The van der Waals surface area contributed by atoms with Crippen molar-refractivity contribution >= 4 is 12.4 Å². The summed E-state index contributed by atoms with van der Waals surface area (Å²) in [6, 6.07) is 0. The van der Waals surface area contributed by atoms with Crippen molar-refractivity contribution < 1.29 is 0 Å². The molecule has 0 N–H and O–H groups in total. The molecule has 1 heteroatoms. The molecule has 0 rings (SSSR count). The lowest BCUT2D eigenvalue weighted by atomic mass is 10.1. The average Bonchev–Trinajstić information content (AvgIpc) is 1.65. The molecule has 0 aliphatic rings. The van der Waals surface area contributed by atoms with Gasteiger partial charge in [-0.1, -0.05) is 33.6 Å². The van der Waals surface area contributed by atoms with Crippen LogP contribution in [0.4, 0.5) is 0 Å². The smallest absolute Gasteiger partial charge is 0.0448 e. The van der Waals surface area contributed by atoms with E-state index in [2.05, 4.69) is 20.8 Å². The van der Waals surface area contributed by atoms with Gasteiger partial charge in [-0.15, -0.1) is 12.4 Å². The molecule has 0 fully saturated rings. The lowest BCUT2D eigenvalue weighted by Crippen LogP contribution is -1.85. The second kappa shape index (κ2) is 6.29. The molecule has 0 aliphatic heterocycles. The molecule has 0 bridgehead atoms. The fraction of sp³-hybridized carbons (Fsp3) is 1.00. The first kappa shape index (κ1) is 10.3. The average molecular weight is 123 g/mol. The van der Waals surface area contributed by atoms with Gasteiger partial charge in [0.2, 0.25) is 0 Å². The summed E-state index contributed by atoms with van der Waals surface area (Å²) in [7, 11) is 0. The van der Waals surface area contributed by atoms with Crippen LogP contribution >= 0.6 is 12.4 Å². The van der Waals surface area contributed by atoms with Crippen LogP contribution in [0.1, 0.15) is 33.6 Å². The highest BCUT2D eigenvalue weighted by molar-refractivity contribution is 5.85. The van der Waals surface area contributed by atoms with Gasteiger partial charge in [-0.3, -0.25) is 0 Å². The first-order valence-electron chi connectivity index (χ1n) is 2.81. The van der Waals surface area contributed by atoms with E-state index < -0.39 is 0 Å². The summed E-state index contributed by atoms with van der Waals surface area (Å²) in [5.41, 5.74) is 0. The van der Waals surface area contributed by atoms with Gasteiger partial charge in [0.25, 0.3) is 0 Å². The van der Waals surface area contributed by atoms with Crippen LogP contribution in [0.2, 0.25) is 0 Å². The van der Waals surface area contributed by atoms with Crippen LogP contribution in [0.15, 0.2) is 0 Å². The molecule has 0 saturated carbocycles. The summed E-state index contributed by atoms with van der Waals surface area (Å²) in [5, 5.41) is 0. The van der Waals surface area contributed by atoms with Crippen LogP contribution in [0.25, 0.3) is 0 Å². The van der Waals surface area contributed by atoms with E-state index >= 15 is 0 Å². The molecule has 0 saturated heterocycles. The van der Waals surface area contributed by atoms with E-state index in [-0.39, 0.29) is 12.4 Å². The van der Waals surface area contributed by atoms with Gasteiger partial charge in [0, 0.05) is 0 Å². The van der Waals surface area contributed by atoms with Gasteiger partial charge in [0.1, 0.15) is 0 Å². The SMILES string of the molecule is CCC(C)CC.Cl. The Morgan fingerprint density at radius 2 is 1.43 bits per heavy atom. The maximum absolute atomic E-state index is 2.28. The van der Waals surface area contributed by atoms with Crippen molar-refractivity contribution in [2.45, 2.75) is 33.6 Å². The zero-order valence-electron chi connectivity index (χ0n) is 5.40. The molecule has 0 amide bonds. The van der Waals surface area contributed by atoms with E-state index in [4.69, 9.17) is 0 Å². The normalized spacial score (nSPS) is 8.57. The van der Waals surface area contributed by atoms with Crippen molar-refractivity contribution in [1.29, 1.82) is 0 Å². The van der Waals surface area contributed by atoms with Crippen LogP contribution in [0.3, 0.4) is 0 Å². The molecule has 0 aliphatic carbocycles. The van der Waals surface area contributed by atoms with Crippen molar-refractivity contribution in [1.82, 2.24) is 0 Å². The number of hydrogen-bond acceptors (Lipinski definition) is 0. The Hall–Kier alpha value is 0.290. The van der Waals surface area contributed by atoms with Crippen LogP contribution in [-0.4, -0.2) is 0 Å². The van der Waals surface area contributed by atoms with Crippen LogP contribution in [-0.2, 0) is 0 Å². The second-order valence-corrected chi connectivity index (χ2v) is 1.92. The highest BCUT2D eigenvalue weighted by Crippen LogP contribution is 2.02. The Balaban J connectivity index is 0. The highest BCUT2D eigenvalue weighted by Gasteiger charge is 1.88. The maximum atomic E-state index is 2.28. The van der Waals surface area contributed by atoms with E-state index in [1.807, 2.05) is 0 Å². The Morgan fingerprint density at radius 3 is 1.43 bits per heavy atom. The van der Waals surface area contributed by atoms with Crippen molar-refractivity contribution in [3.05, 3.63) is 0 Å². The summed E-state index contributed by atoms with van der Waals surface area (Å²) in [5.74, 6) is 0.935. The Labute approximate surface area is 52.7 Å². The molecule has 0 radical (unpaired) electrons. The summed E-state index contributed by atoms with van der Waals surface area (Å²) >= 11 is 0. The number of hydrogen-bond donors (Lipinski definition) is 0. The Bertz CT molecular complexity index is 23.4. The van der Waals surface area contributed by atoms with E-state index in [1.54, 1.807) is 0 Å². The van der Waals surface area contributed by atoms with Gasteiger partial charge in [0.05, 0.1) is 0 Å². The molecule has 0 atom stereocenters. The molecule has 0 aromatic rings. The third kappa shape index (κ3) is 6.29. The highest BCUT2D eigenvalue weighted by atomic mass is 35.5. The number of halogens is 1. The molecule has 0 spiro atoms. The summed E-state index contributed by atoms with van der Waals surface area (Å²) in [6.07, 6.45) is 2.66. The summed E-state index contributed by atoms with van der Waals surface area (Å²) in [4.78, 5) is 0. The van der Waals surface area contributed by atoms with Gasteiger partial charge in [0.15, 0.2) is 0 Å². The Kier molecular flexibility index (Phi) is 9.26. The fourth-order valence-electron chi connectivity index (χ4n) is 0.289. The standard InChI is InChI=1S/C6H14.ClH/c1-4-6(3)5-2;/h6H,4-5H2,1-3H3;1H. The molecule has 0 nitrogen and oxygen atoms in total. The molecule has 0 aromatic heterocycles. The summed E-state index contributed by atoms with van der Waals surface area (Å²) in [6.45, 7) is 6.74. The minimum absolute atomic E-state index is 0. The van der Waals surface area contributed by atoms with Crippen LogP contribution in [0.5, 0.6) is 0 Å². The molecule has 46 valence electrons. The summed E-state index contributed by atoms with van der Waals surface area (Å²) < 4.78 is 0. The largest absolute Gasteiger partial charge is 0.147 e. The predicted octanol–water partition coefficient (Wildman–Crippen LogP) is 2.86. The van der Waals surface area contributed by atoms with Gasteiger partial charge in [-0.25, -0.2) is 0 Å². The van der Waals surface area contributed by atoms with Crippen molar-refractivity contribution in [2.24, 2.45) is 5.92 Å². The number of rotatable bonds is 2. The van der Waals surface area contributed by atoms with Gasteiger partial charge < -0.3 is 0 Å². The molecule has 0 unspecified atom stereocenters. The maximum Gasteiger partial charge on any atom is -0.0448 e. The zero-order valence-corrected chi connectivity index (χ0v) is 6.22. The van der Waals surface area contributed by atoms with E-state index in [0.717, 1.165) is 5.92 Å². The Morgan fingerprint density at radius 1 is 1.14 bits per heavy atom. The lowest BCUT2D eigenvalue weighted by Gasteiger charge is -1.98. The van der Waals surface area contributed by atoms with E-state index in [9.17, 15) is 0 Å². The fourth-order valence-corrected chi connectivity index (χ4v) is 0.289. The third-order valence-corrected chi connectivity index (χ3v) is 1.39. The van der Waals surface area contributed by atoms with Gasteiger partial charge in [-0.2, -0.15) is 0 Å². The van der Waals surface area contributed by atoms with Gasteiger partial charge >= 0.3 is 0 Å². The van der Waals surface area contributed by atoms with Crippen molar-refractivity contribution in [3.8, 4) is 0 Å². The molecule has 0 aromatic carbocycles. The van der Waals surface area contributed by atoms with E-state index in [1.165, 1.54) is 12.8 Å². The zero-order chi connectivity index (χ0) is 4.99. The topological polar surface area (TPSA) is 0 Å². The lowest BCUT2D eigenvalue weighted by molar-refractivity contribution is 0.544. The predicted molar refractivity (Wildman–Crippen MR) is 37.0 cm³/mol. The minimum Gasteiger partial charge on any atom is -0.147 e. The van der Waals surface area contributed by atoms with Crippen LogP contribution in [0, 0.1) is 5.92 Å². The third-order valence-electron chi connectivity index (χ3n) is 1.39. The molecule has 0 heterocycles. The second-order valence-electron chi connectivity index (χ2n) is 1.92. The first-order valence-corrected chi connectivity index (χ1v) is 2.81. The molecular formula is C6H15Cl. The van der Waals surface area contributed by atoms with Crippen LogP contribution < -0.4 is 0 Å². The molecular weight excluding hydrogens is 108 g/mol. The first-order chi connectivity index (χ1) is 2.81. The van der Waals surface area contributed by atoms with Crippen molar-refractivity contribution in [2.75, 3.05) is 0 Å². The van der Waals surface area contributed by atoms with Gasteiger partial charge in [-0.05, 0) is 5.92 Å². The minimum atomic E-state index is 0. The van der Waals surface area contributed by atoms with E-state index in [0.29, 0.717) is 0 Å².